The van der Waals surface area contributed by atoms with Gasteiger partial charge in [-0.15, -0.1) is 0 Å². The summed E-state index contributed by atoms with van der Waals surface area (Å²) in [5.41, 5.74) is 1.19. The van der Waals surface area contributed by atoms with Crippen molar-refractivity contribution in [1.82, 2.24) is 19.6 Å². The van der Waals surface area contributed by atoms with Gasteiger partial charge in [-0.1, -0.05) is 13.8 Å². The molecule has 19 heavy (non-hydrogen) atoms. The normalized spacial score (nSPS) is 12.6. The third-order valence-electron chi connectivity index (χ3n) is 3.26. The lowest BCUT2D eigenvalue weighted by atomic mass is 10.3. The second kappa shape index (κ2) is 6.41. The summed E-state index contributed by atoms with van der Waals surface area (Å²) in [6.45, 7) is 8.23. The Bertz CT molecular complexity index is 499. The van der Waals surface area contributed by atoms with Gasteiger partial charge in [0.25, 0.3) is 0 Å². The van der Waals surface area contributed by atoms with E-state index in [0.717, 1.165) is 31.7 Å². The molecule has 104 valence electrons. The molecule has 0 unspecified atom stereocenters. The van der Waals surface area contributed by atoms with Crippen LogP contribution in [0.5, 0.6) is 0 Å². The van der Waals surface area contributed by atoms with Gasteiger partial charge in [0.1, 0.15) is 5.82 Å². The number of hydrogen-bond acceptors (Lipinski definition) is 3. The minimum Gasteiger partial charge on any atom is -0.364 e. The maximum absolute atomic E-state index is 4.52. The molecule has 2 aromatic rings. The minimum absolute atomic E-state index is 0.447. The standard InChI is InChI=1S/C14H23N5/c1-4-7-18-11-13(10-16-18)9-15-14-6-8-19(17-14)12(3)5-2/h6,8,10-12H,4-5,7,9H2,1-3H3,(H,15,17)/t12-/m1/s1. The number of rotatable bonds is 7. The highest BCUT2D eigenvalue weighted by molar-refractivity contribution is 5.33. The summed E-state index contributed by atoms with van der Waals surface area (Å²) in [5.74, 6) is 0.920. The van der Waals surface area contributed by atoms with Crippen LogP contribution in [0.15, 0.2) is 24.7 Å². The first-order valence-electron chi connectivity index (χ1n) is 7.03. The van der Waals surface area contributed by atoms with Gasteiger partial charge in [0, 0.05) is 43.2 Å². The molecule has 5 heteroatoms. The molecule has 5 nitrogen and oxygen atoms in total. The van der Waals surface area contributed by atoms with Crippen LogP contribution in [-0.4, -0.2) is 19.6 Å². The van der Waals surface area contributed by atoms with Gasteiger partial charge < -0.3 is 5.32 Å². The number of nitrogens with one attached hydrogen (secondary N) is 1. The molecule has 1 N–H and O–H groups in total. The van der Waals surface area contributed by atoms with Gasteiger partial charge in [-0.25, -0.2) is 0 Å². The molecule has 0 aliphatic carbocycles. The van der Waals surface area contributed by atoms with Crippen molar-refractivity contribution in [2.75, 3.05) is 5.32 Å². The Balaban J connectivity index is 1.89. The van der Waals surface area contributed by atoms with E-state index in [0.29, 0.717) is 6.04 Å². The summed E-state index contributed by atoms with van der Waals surface area (Å²) in [6.07, 6.45) is 8.21. The molecule has 0 amide bonds. The first-order chi connectivity index (χ1) is 9.22. The van der Waals surface area contributed by atoms with Crippen molar-refractivity contribution in [2.45, 2.75) is 52.7 Å². The Morgan fingerprint density at radius 2 is 2.21 bits per heavy atom. The fourth-order valence-corrected chi connectivity index (χ4v) is 1.91. The van der Waals surface area contributed by atoms with Crippen LogP contribution < -0.4 is 5.32 Å². The van der Waals surface area contributed by atoms with Gasteiger partial charge in [0.15, 0.2) is 0 Å². The lowest BCUT2D eigenvalue weighted by molar-refractivity contribution is 0.479. The summed E-state index contributed by atoms with van der Waals surface area (Å²) < 4.78 is 3.98. The van der Waals surface area contributed by atoms with Crippen LogP contribution in [0.2, 0.25) is 0 Å². The Hall–Kier alpha value is -1.78. The maximum Gasteiger partial charge on any atom is 0.148 e. The smallest absolute Gasteiger partial charge is 0.148 e. The molecule has 0 radical (unpaired) electrons. The fourth-order valence-electron chi connectivity index (χ4n) is 1.91. The number of anilines is 1. The van der Waals surface area contributed by atoms with E-state index in [4.69, 9.17) is 0 Å². The van der Waals surface area contributed by atoms with Gasteiger partial charge in [-0.3, -0.25) is 9.36 Å². The van der Waals surface area contributed by atoms with Gasteiger partial charge in [0.05, 0.1) is 6.20 Å². The van der Waals surface area contributed by atoms with Crippen molar-refractivity contribution in [3.05, 3.63) is 30.2 Å². The monoisotopic (exact) mass is 261 g/mol. The second-order valence-corrected chi connectivity index (χ2v) is 4.90. The average Bonchev–Trinajstić information content (AvgIpc) is 3.05. The summed E-state index contributed by atoms with van der Waals surface area (Å²) in [4.78, 5) is 0. The zero-order valence-electron chi connectivity index (χ0n) is 12.0. The largest absolute Gasteiger partial charge is 0.364 e. The Morgan fingerprint density at radius 3 is 2.95 bits per heavy atom. The molecular weight excluding hydrogens is 238 g/mol. The number of aryl methyl sites for hydroxylation is 1. The minimum atomic E-state index is 0.447. The topological polar surface area (TPSA) is 47.7 Å². The lowest BCUT2D eigenvalue weighted by Crippen LogP contribution is -2.06. The van der Waals surface area contributed by atoms with Crippen molar-refractivity contribution in [1.29, 1.82) is 0 Å². The van der Waals surface area contributed by atoms with Crippen molar-refractivity contribution in [2.24, 2.45) is 0 Å². The second-order valence-electron chi connectivity index (χ2n) is 4.90. The molecule has 0 bridgehead atoms. The summed E-state index contributed by atoms with van der Waals surface area (Å²) in [5, 5.41) is 12.2. The molecule has 0 saturated carbocycles. The SMILES string of the molecule is CCCn1cc(CNc2ccn([C@H](C)CC)n2)cn1. The van der Waals surface area contributed by atoms with E-state index in [1.54, 1.807) is 0 Å². The van der Waals surface area contributed by atoms with Crippen molar-refractivity contribution in [3.8, 4) is 0 Å². The van der Waals surface area contributed by atoms with Crippen molar-refractivity contribution < 1.29 is 0 Å². The van der Waals surface area contributed by atoms with Gasteiger partial charge in [-0.2, -0.15) is 10.2 Å². The number of aromatic nitrogens is 4. The molecule has 1 atom stereocenters. The Labute approximate surface area is 114 Å². The number of nitrogens with zero attached hydrogens (tertiary/aromatic N) is 4. The van der Waals surface area contributed by atoms with E-state index in [9.17, 15) is 0 Å². The molecule has 0 aromatic carbocycles. The highest BCUT2D eigenvalue weighted by Gasteiger charge is 2.04. The van der Waals surface area contributed by atoms with Gasteiger partial charge >= 0.3 is 0 Å². The van der Waals surface area contributed by atoms with Gasteiger partial charge in [-0.05, 0) is 19.8 Å². The molecule has 0 aliphatic heterocycles. The number of hydrogen-bond donors (Lipinski definition) is 1. The Kier molecular flexibility index (Phi) is 4.60. The van der Waals surface area contributed by atoms with Crippen LogP contribution in [0.1, 0.15) is 45.2 Å². The zero-order chi connectivity index (χ0) is 13.7. The van der Waals surface area contributed by atoms with E-state index < -0.39 is 0 Å². The van der Waals surface area contributed by atoms with Crippen LogP contribution in [0, 0.1) is 0 Å². The third-order valence-corrected chi connectivity index (χ3v) is 3.26. The molecule has 2 aromatic heterocycles. The van der Waals surface area contributed by atoms with E-state index >= 15 is 0 Å². The molecule has 2 heterocycles. The Morgan fingerprint density at radius 1 is 1.37 bits per heavy atom. The summed E-state index contributed by atoms with van der Waals surface area (Å²) in [7, 11) is 0. The predicted molar refractivity (Wildman–Crippen MR) is 77.1 cm³/mol. The van der Waals surface area contributed by atoms with Crippen molar-refractivity contribution in [3.63, 3.8) is 0 Å². The zero-order valence-corrected chi connectivity index (χ0v) is 12.0. The van der Waals surface area contributed by atoms with Crippen LogP contribution in [-0.2, 0) is 13.1 Å². The van der Waals surface area contributed by atoms with Crippen molar-refractivity contribution >= 4 is 5.82 Å². The highest BCUT2D eigenvalue weighted by Crippen LogP contribution is 2.12. The van der Waals surface area contributed by atoms with Crippen LogP contribution in [0.4, 0.5) is 5.82 Å². The molecule has 2 rings (SSSR count). The van der Waals surface area contributed by atoms with E-state index in [1.165, 1.54) is 5.56 Å². The van der Waals surface area contributed by atoms with Crippen LogP contribution in [0.25, 0.3) is 0 Å². The summed E-state index contributed by atoms with van der Waals surface area (Å²) in [6, 6.07) is 2.46. The van der Waals surface area contributed by atoms with E-state index in [2.05, 4.69) is 42.5 Å². The van der Waals surface area contributed by atoms with Gasteiger partial charge in [0.2, 0.25) is 0 Å². The molecule has 0 fully saturated rings. The lowest BCUT2D eigenvalue weighted by Gasteiger charge is -2.08. The molecule has 0 aliphatic rings. The predicted octanol–water partition coefficient (Wildman–Crippen LogP) is 3.07. The highest BCUT2D eigenvalue weighted by atomic mass is 15.3. The maximum atomic E-state index is 4.52. The molecular formula is C14H23N5. The third kappa shape index (κ3) is 3.59. The average molecular weight is 261 g/mol. The quantitative estimate of drug-likeness (QED) is 0.833. The molecule has 0 spiro atoms. The first-order valence-corrected chi connectivity index (χ1v) is 7.03. The van der Waals surface area contributed by atoms with Crippen LogP contribution in [0.3, 0.4) is 0 Å². The molecule has 0 saturated heterocycles. The fraction of sp³-hybridized carbons (Fsp3) is 0.571. The first kappa shape index (κ1) is 13.6. The van der Waals surface area contributed by atoms with Crippen LogP contribution >= 0.6 is 0 Å². The summed E-state index contributed by atoms with van der Waals surface area (Å²) >= 11 is 0. The van der Waals surface area contributed by atoms with E-state index in [-0.39, 0.29) is 0 Å². The van der Waals surface area contributed by atoms with E-state index in [1.807, 2.05) is 27.8 Å².